The Kier molecular flexibility index (Phi) is 4.87. The van der Waals surface area contributed by atoms with Gasteiger partial charge in [0.1, 0.15) is 18.2 Å². The van der Waals surface area contributed by atoms with E-state index in [2.05, 4.69) is 22.4 Å². The summed E-state index contributed by atoms with van der Waals surface area (Å²) in [5.41, 5.74) is 2.35. The molecule has 2 aromatic carbocycles. The highest BCUT2D eigenvalue weighted by Gasteiger charge is 2.33. The second kappa shape index (κ2) is 7.67. The number of thiophene rings is 1. The average molecular weight is 424 g/mol. The summed E-state index contributed by atoms with van der Waals surface area (Å²) in [5, 5.41) is 2.71. The highest BCUT2D eigenvalue weighted by atomic mass is 35.5. The molecule has 3 aromatic rings. The summed E-state index contributed by atoms with van der Waals surface area (Å²) >= 11 is 7.82. The predicted octanol–water partition coefficient (Wildman–Crippen LogP) is 5.41. The van der Waals surface area contributed by atoms with Crippen LogP contribution in [-0.2, 0) is 13.0 Å². The Morgan fingerprint density at radius 1 is 1.17 bits per heavy atom. The van der Waals surface area contributed by atoms with Gasteiger partial charge in [-0.15, -0.1) is 11.3 Å². The SMILES string of the molecule is O=C1/C(=C/c2cccc(Cl)c2)Oc2c1ccc1c2CN(CCc2cccs2)CO1. The predicted molar refractivity (Wildman–Crippen MR) is 115 cm³/mol. The molecule has 0 spiro atoms. The van der Waals surface area contributed by atoms with E-state index in [1.807, 2.05) is 18.2 Å². The molecule has 0 fully saturated rings. The molecule has 0 saturated heterocycles. The number of nitrogens with zero attached hydrogens (tertiary/aromatic N) is 1. The molecule has 0 N–H and O–H groups in total. The summed E-state index contributed by atoms with van der Waals surface area (Å²) in [5.74, 6) is 1.60. The summed E-state index contributed by atoms with van der Waals surface area (Å²) < 4.78 is 12.0. The van der Waals surface area contributed by atoms with Crippen molar-refractivity contribution in [3.05, 3.63) is 86.3 Å². The normalized spacial score (nSPS) is 17.0. The first-order chi connectivity index (χ1) is 14.2. The summed E-state index contributed by atoms with van der Waals surface area (Å²) in [6.45, 7) is 2.13. The first kappa shape index (κ1) is 18.4. The minimum Gasteiger partial charge on any atom is -0.478 e. The fraction of sp³-hybridized carbons (Fsp3) is 0.174. The van der Waals surface area contributed by atoms with Gasteiger partial charge in [0.15, 0.2) is 5.76 Å². The van der Waals surface area contributed by atoms with Crippen LogP contribution in [-0.4, -0.2) is 24.0 Å². The van der Waals surface area contributed by atoms with Crippen molar-refractivity contribution in [2.45, 2.75) is 13.0 Å². The van der Waals surface area contributed by atoms with Gasteiger partial charge in [0.05, 0.1) is 11.1 Å². The van der Waals surface area contributed by atoms with Crippen molar-refractivity contribution in [1.82, 2.24) is 4.90 Å². The first-order valence-corrected chi connectivity index (χ1v) is 10.7. The van der Waals surface area contributed by atoms with Crippen LogP contribution < -0.4 is 9.47 Å². The number of rotatable bonds is 4. The molecule has 0 bridgehead atoms. The fourth-order valence-electron chi connectivity index (χ4n) is 3.62. The monoisotopic (exact) mass is 423 g/mol. The van der Waals surface area contributed by atoms with Crippen molar-refractivity contribution < 1.29 is 14.3 Å². The van der Waals surface area contributed by atoms with Crippen molar-refractivity contribution in [2.24, 2.45) is 0 Å². The van der Waals surface area contributed by atoms with E-state index in [0.29, 0.717) is 35.4 Å². The van der Waals surface area contributed by atoms with Crippen LogP contribution in [0.4, 0.5) is 0 Å². The molecule has 146 valence electrons. The third-order valence-electron chi connectivity index (χ3n) is 5.08. The van der Waals surface area contributed by atoms with Gasteiger partial charge in [0.2, 0.25) is 5.78 Å². The molecule has 0 amide bonds. The third kappa shape index (κ3) is 3.69. The maximum atomic E-state index is 12.9. The van der Waals surface area contributed by atoms with Crippen LogP contribution in [0.3, 0.4) is 0 Å². The smallest absolute Gasteiger partial charge is 0.231 e. The number of benzene rings is 2. The maximum Gasteiger partial charge on any atom is 0.231 e. The Bertz CT molecular complexity index is 1110. The van der Waals surface area contributed by atoms with Gasteiger partial charge in [-0.05, 0) is 53.8 Å². The van der Waals surface area contributed by atoms with Crippen LogP contribution in [0.1, 0.15) is 26.4 Å². The van der Waals surface area contributed by atoms with E-state index >= 15 is 0 Å². The van der Waals surface area contributed by atoms with E-state index in [9.17, 15) is 4.79 Å². The number of carbonyl (C=O) groups is 1. The molecule has 29 heavy (non-hydrogen) atoms. The van der Waals surface area contributed by atoms with Gasteiger partial charge in [-0.25, -0.2) is 0 Å². The Hall–Kier alpha value is -2.60. The summed E-state index contributed by atoms with van der Waals surface area (Å²) in [4.78, 5) is 16.4. The summed E-state index contributed by atoms with van der Waals surface area (Å²) in [7, 11) is 0. The molecule has 2 aliphatic rings. The number of halogens is 1. The molecule has 0 atom stereocenters. The van der Waals surface area contributed by atoms with Crippen molar-refractivity contribution in [3.63, 3.8) is 0 Å². The minimum atomic E-state index is -0.113. The molecule has 4 nitrogen and oxygen atoms in total. The van der Waals surface area contributed by atoms with Gasteiger partial charge in [0, 0.05) is 23.0 Å². The molecular weight excluding hydrogens is 406 g/mol. The molecule has 6 heteroatoms. The molecule has 0 aliphatic carbocycles. The molecule has 0 unspecified atom stereocenters. The van der Waals surface area contributed by atoms with Gasteiger partial charge in [-0.1, -0.05) is 29.8 Å². The van der Waals surface area contributed by atoms with E-state index < -0.39 is 0 Å². The van der Waals surface area contributed by atoms with Gasteiger partial charge >= 0.3 is 0 Å². The Morgan fingerprint density at radius 3 is 2.93 bits per heavy atom. The van der Waals surface area contributed by atoms with Crippen molar-refractivity contribution in [1.29, 1.82) is 0 Å². The molecular formula is C23H18ClNO3S. The second-order valence-electron chi connectivity index (χ2n) is 7.07. The highest BCUT2D eigenvalue weighted by molar-refractivity contribution is 7.09. The van der Waals surface area contributed by atoms with Gasteiger partial charge in [-0.2, -0.15) is 0 Å². The van der Waals surface area contributed by atoms with Gasteiger partial charge in [0.25, 0.3) is 0 Å². The standard InChI is InChI=1S/C23H18ClNO3S/c24-16-4-1-3-15(11-16)12-21-22(26)18-6-7-20-19(23(18)28-21)13-25(14-27-20)9-8-17-5-2-10-29-17/h1-7,10-12H,8-9,13-14H2/b21-12-. The Morgan fingerprint density at radius 2 is 2.10 bits per heavy atom. The zero-order valence-electron chi connectivity index (χ0n) is 15.6. The molecule has 1 aromatic heterocycles. The zero-order chi connectivity index (χ0) is 19.8. The third-order valence-corrected chi connectivity index (χ3v) is 6.25. The van der Waals surface area contributed by atoms with E-state index in [1.54, 1.807) is 35.6 Å². The number of hydrogen-bond donors (Lipinski definition) is 0. The Balaban J connectivity index is 1.39. The molecule has 0 radical (unpaired) electrons. The number of allylic oxidation sites excluding steroid dienone is 1. The summed E-state index contributed by atoms with van der Waals surface area (Å²) in [6, 6.07) is 15.2. The number of hydrogen-bond acceptors (Lipinski definition) is 5. The number of fused-ring (bicyclic) bond motifs is 3. The van der Waals surface area contributed by atoms with Crippen molar-refractivity contribution in [3.8, 4) is 11.5 Å². The van der Waals surface area contributed by atoms with Crippen LogP contribution in [0.25, 0.3) is 6.08 Å². The largest absolute Gasteiger partial charge is 0.478 e. The van der Waals surface area contributed by atoms with E-state index in [4.69, 9.17) is 21.1 Å². The lowest BCUT2D eigenvalue weighted by molar-refractivity contribution is 0.0951. The molecule has 5 rings (SSSR count). The molecule has 0 saturated carbocycles. The van der Waals surface area contributed by atoms with Crippen LogP contribution in [0.5, 0.6) is 11.5 Å². The lowest BCUT2D eigenvalue weighted by Gasteiger charge is -2.29. The van der Waals surface area contributed by atoms with Crippen molar-refractivity contribution in [2.75, 3.05) is 13.3 Å². The van der Waals surface area contributed by atoms with Gasteiger partial charge in [-0.3, -0.25) is 9.69 Å². The number of ketones is 1. The second-order valence-corrected chi connectivity index (χ2v) is 8.54. The quantitative estimate of drug-likeness (QED) is 0.526. The number of ether oxygens (including phenoxy) is 2. The molecule has 2 aliphatic heterocycles. The fourth-order valence-corrected chi connectivity index (χ4v) is 4.52. The number of carbonyl (C=O) groups excluding carboxylic acids is 1. The van der Waals surface area contributed by atoms with E-state index in [-0.39, 0.29) is 5.78 Å². The Labute approximate surface area is 177 Å². The maximum absolute atomic E-state index is 12.9. The number of Topliss-reactive ketones (excluding diaryl/α,β-unsaturated/α-hetero) is 1. The van der Waals surface area contributed by atoms with Crippen LogP contribution in [0.15, 0.2) is 59.7 Å². The van der Waals surface area contributed by atoms with Crippen LogP contribution >= 0.6 is 22.9 Å². The highest BCUT2D eigenvalue weighted by Crippen LogP contribution is 2.42. The first-order valence-electron chi connectivity index (χ1n) is 9.40. The van der Waals surface area contributed by atoms with Crippen LogP contribution in [0, 0.1) is 0 Å². The lowest BCUT2D eigenvalue weighted by Crippen LogP contribution is -2.33. The summed E-state index contributed by atoms with van der Waals surface area (Å²) in [6.07, 6.45) is 2.71. The topological polar surface area (TPSA) is 38.8 Å². The van der Waals surface area contributed by atoms with Crippen LogP contribution in [0.2, 0.25) is 5.02 Å². The minimum absolute atomic E-state index is 0.113. The average Bonchev–Trinajstić information content (AvgIpc) is 3.35. The zero-order valence-corrected chi connectivity index (χ0v) is 17.1. The van der Waals surface area contributed by atoms with E-state index in [0.717, 1.165) is 29.8 Å². The van der Waals surface area contributed by atoms with Gasteiger partial charge < -0.3 is 9.47 Å². The van der Waals surface area contributed by atoms with E-state index in [1.165, 1.54) is 4.88 Å². The molecule has 3 heterocycles. The van der Waals surface area contributed by atoms with Crippen molar-refractivity contribution >= 4 is 34.8 Å². The lowest BCUT2D eigenvalue weighted by atomic mass is 10.0.